The van der Waals surface area contributed by atoms with Crippen LogP contribution in [0.3, 0.4) is 0 Å². The molecule has 0 atom stereocenters. The molecule has 0 aliphatic carbocycles. The maximum absolute atomic E-state index is 13.3. The maximum Gasteiger partial charge on any atom is 0.262 e. The van der Waals surface area contributed by atoms with Gasteiger partial charge in [-0.3, -0.25) is 19.1 Å². The van der Waals surface area contributed by atoms with Crippen molar-refractivity contribution in [1.82, 2.24) is 14.8 Å². The summed E-state index contributed by atoms with van der Waals surface area (Å²) >= 11 is 0. The Bertz CT molecular complexity index is 1480. The minimum Gasteiger partial charge on any atom is -0.497 e. The molecule has 0 unspecified atom stereocenters. The summed E-state index contributed by atoms with van der Waals surface area (Å²) in [6, 6.07) is 21.0. The zero-order valence-corrected chi connectivity index (χ0v) is 21.4. The van der Waals surface area contributed by atoms with E-state index in [-0.39, 0.29) is 17.3 Å². The molecule has 0 spiro atoms. The highest BCUT2D eigenvalue weighted by molar-refractivity contribution is 6.06. The second-order valence-electron chi connectivity index (χ2n) is 9.38. The minimum absolute atomic E-state index is 0.190. The Balaban J connectivity index is 1.22. The number of ether oxygens (including phenoxy) is 1. The fourth-order valence-corrected chi connectivity index (χ4v) is 4.91. The number of carbonyl (C=O) groups excluding carboxylic acids is 1. The molecule has 196 valence electrons. The van der Waals surface area contributed by atoms with Gasteiger partial charge in [-0.25, -0.2) is 4.39 Å². The van der Waals surface area contributed by atoms with Crippen LogP contribution < -0.4 is 20.5 Å². The van der Waals surface area contributed by atoms with Crippen molar-refractivity contribution in [1.29, 1.82) is 0 Å². The summed E-state index contributed by atoms with van der Waals surface area (Å²) in [5, 5.41) is 4.16. The number of benzene rings is 3. The molecule has 8 heteroatoms. The number of anilines is 1. The lowest BCUT2D eigenvalue weighted by Crippen LogP contribution is -2.47. The first-order valence-corrected chi connectivity index (χ1v) is 12.8. The summed E-state index contributed by atoms with van der Waals surface area (Å²) in [7, 11) is 1.58. The van der Waals surface area contributed by atoms with Gasteiger partial charge in [0.2, 0.25) is 0 Å². The molecule has 38 heavy (non-hydrogen) atoms. The minimum atomic E-state index is -0.221. The topological polar surface area (TPSA) is 66.8 Å². The van der Waals surface area contributed by atoms with Crippen LogP contribution in [0.2, 0.25) is 0 Å². The van der Waals surface area contributed by atoms with Gasteiger partial charge < -0.3 is 15.0 Å². The molecule has 4 aromatic rings. The molecule has 1 fully saturated rings. The number of pyridine rings is 1. The summed E-state index contributed by atoms with van der Waals surface area (Å²) in [4.78, 5) is 31.1. The highest BCUT2D eigenvalue weighted by Gasteiger charge is 2.18. The molecule has 1 aliphatic rings. The SMILES string of the molecule is COc1cccc(-n2cc(C(=O)NCCCN3CCN(c4ccc(F)cc4)CC3)c3ccccc3c2=O)c1. The van der Waals surface area contributed by atoms with E-state index >= 15 is 0 Å². The Labute approximate surface area is 221 Å². The van der Waals surface area contributed by atoms with E-state index in [9.17, 15) is 14.0 Å². The number of amides is 1. The molecule has 3 aromatic carbocycles. The smallest absolute Gasteiger partial charge is 0.262 e. The van der Waals surface area contributed by atoms with E-state index < -0.39 is 0 Å². The summed E-state index contributed by atoms with van der Waals surface area (Å²) in [5.74, 6) is 0.201. The molecule has 1 N–H and O–H groups in total. The van der Waals surface area contributed by atoms with Gasteiger partial charge in [-0.15, -0.1) is 0 Å². The lowest BCUT2D eigenvalue weighted by molar-refractivity contribution is 0.0952. The monoisotopic (exact) mass is 514 g/mol. The van der Waals surface area contributed by atoms with E-state index in [1.807, 2.05) is 42.5 Å². The molecular weight excluding hydrogens is 483 g/mol. The summed E-state index contributed by atoms with van der Waals surface area (Å²) in [6.07, 6.45) is 2.43. The number of piperazine rings is 1. The molecule has 2 heterocycles. The number of hydrogen-bond acceptors (Lipinski definition) is 5. The predicted molar refractivity (Wildman–Crippen MR) is 148 cm³/mol. The van der Waals surface area contributed by atoms with Crippen LogP contribution in [0, 0.1) is 5.82 Å². The molecular formula is C30H31FN4O3. The number of fused-ring (bicyclic) bond motifs is 1. The van der Waals surface area contributed by atoms with E-state index in [2.05, 4.69) is 15.1 Å². The summed E-state index contributed by atoms with van der Waals surface area (Å²) in [6.45, 7) is 5.01. The van der Waals surface area contributed by atoms with Crippen molar-refractivity contribution < 1.29 is 13.9 Å². The van der Waals surface area contributed by atoms with Crippen molar-refractivity contribution in [2.45, 2.75) is 6.42 Å². The van der Waals surface area contributed by atoms with Crippen LogP contribution in [0.15, 0.2) is 83.8 Å². The molecule has 0 radical (unpaired) electrons. The Morgan fingerprint density at radius 3 is 2.39 bits per heavy atom. The quantitative estimate of drug-likeness (QED) is 0.359. The Kier molecular flexibility index (Phi) is 7.70. The number of halogens is 1. The molecule has 1 aromatic heterocycles. The van der Waals surface area contributed by atoms with Crippen molar-refractivity contribution in [2.24, 2.45) is 0 Å². The van der Waals surface area contributed by atoms with Gasteiger partial charge in [0.1, 0.15) is 11.6 Å². The van der Waals surface area contributed by atoms with E-state index in [4.69, 9.17) is 4.74 Å². The first-order valence-electron chi connectivity index (χ1n) is 12.8. The van der Waals surface area contributed by atoms with Gasteiger partial charge in [-0.1, -0.05) is 24.3 Å². The van der Waals surface area contributed by atoms with Crippen LogP contribution in [0.5, 0.6) is 5.75 Å². The molecule has 0 saturated carbocycles. The Hall–Kier alpha value is -4.17. The summed E-state index contributed by atoms with van der Waals surface area (Å²) < 4.78 is 20.0. The van der Waals surface area contributed by atoms with Crippen molar-refractivity contribution in [3.63, 3.8) is 0 Å². The van der Waals surface area contributed by atoms with Gasteiger partial charge in [0.15, 0.2) is 0 Å². The number of methoxy groups -OCH3 is 1. The zero-order chi connectivity index (χ0) is 26.5. The van der Waals surface area contributed by atoms with Gasteiger partial charge in [0.05, 0.1) is 18.4 Å². The Morgan fingerprint density at radius 2 is 1.66 bits per heavy atom. The normalized spacial score (nSPS) is 14.0. The molecule has 1 aliphatic heterocycles. The van der Waals surface area contributed by atoms with E-state index in [0.29, 0.717) is 34.3 Å². The van der Waals surface area contributed by atoms with Crippen LogP contribution in [0.4, 0.5) is 10.1 Å². The van der Waals surface area contributed by atoms with Crippen molar-refractivity contribution in [3.8, 4) is 11.4 Å². The zero-order valence-electron chi connectivity index (χ0n) is 21.4. The first kappa shape index (κ1) is 25.5. The highest BCUT2D eigenvalue weighted by Crippen LogP contribution is 2.21. The van der Waals surface area contributed by atoms with Crippen LogP contribution in [0.1, 0.15) is 16.8 Å². The second kappa shape index (κ2) is 11.5. The summed E-state index contributed by atoms with van der Waals surface area (Å²) in [5.41, 5.74) is 1.94. The number of nitrogens with one attached hydrogen (secondary N) is 1. The molecule has 1 saturated heterocycles. The molecule has 7 nitrogen and oxygen atoms in total. The number of hydrogen-bond donors (Lipinski definition) is 1. The van der Waals surface area contributed by atoms with E-state index in [1.165, 1.54) is 16.7 Å². The fraction of sp³-hybridized carbons (Fsp3) is 0.267. The average Bonchev–Trinajstić information content (AvgIpc) is 2.96. The molecule has 1 amide bonds. The molecule has 0 bridgehead atoms. The van der Waals surface area contributed by atoms with Crippen LogP contribution in [-0.4, -0.2) is 61.8 Å². The van der Waals surface area contributed by atoms with E-state index in [0.717, 1.165) is 44.8 Å². The largest absolute Gasteiger partial charge is 0.497 e. The first-order chi connectivity index (χ1) is 18.5. The lowest BCUT2D eigenvalue weighted by atomic mass is 10.1. The third-order valence-electron chi connectivity index (χ3n) is 7.00. The van der Waals surface area contributed by atoms with Gasteiger partial charge >= 0.3 is 0 Å². The molecule has 5 rings (SSSR count). The van der Waals surface area contributed by atoms with Gasteiger partial charge in [0.25, 0.3) is 11.5 Å². The fourth-order valence-electron chi connectivity index (χ4n) is 4.91. The highest BCUT2D eigenvalue weighted by atomic mass is 19.1. The van der Waals surface area contributed by atoms with E-state index in [1.54, 1.807) is 31.5 Å². The second-order valence-corrected chi connectivity index (χ2v) is 9.38. The third-order valence-corrected chi connectivity index (χ3v) is 7.00. The number of carbonyl (C=O) groups is 1. The maximum atomic E-state index is 13.3. The van der Waals surface area contributed by atoms with Crippen LogP contribution >= 0.6 is 0 Å². The van der Waals surface area contributed by atoms with Crippen molar-refractivity contribution >= 4 is 22.4 Å². The standard InChI is InChI=1S/C30H31FN4O3/c1-38-25-7-4-6-24(20-25)35-21-28(26-8-2-3-9-27(26)30(35)37)29(36)32-14-5-15-33-16-18-34(19-17-33)23-12-10-22(31)11-13-23/h2-4,6-13,20-21H,5,14-19H2,1H3,(H,32,36). The van der Waals surface area contributed by atoms with Crippen molar-refractivity contribution in [3.05, 3.63) is 101 Å². The van der Waals surface area contributed by atoms with Gasteiger partial charge in [-0.05, 0) is 55.4 Å². The van der Waals surface area contributed by atoms with Gasteiger partial charge in [-0.2, -0.15) is 0 Å². The van der Waals surface area contributed by atoms with Crippen LogP contribution in [-0.2, 0) is 0 Å². The van der Waals surface area contributed by atoms with Gasteiger partial charge in [0, 0.05) is 61.4 Å². The predicted octanol–water partition coefficient (Wildman–Crippen LogP) is 4.08. The van der Waals surface area contributed by atoms with Crippen molar-refractivity contribution in [2.75, 3.05) is 51.3 Å². The number of aromatic nitrogens is 1. The Morgan fingerprint density at radius 1 is 0.921 bits per heavy atom. The number of rotatable bonds is 8. The lowest BCUT2D eigenvalue weighted by Gasteiger charge is -2.36. The van der Waals surface area contributed by atoms with Crippen LogP contribution in [0.25, 0.3) is 16.5 Å². The third kappa shape index (κ3) is 5.55. The average molecular weight is 515 g/mol. The number of nitrogens with zero attached hydrogens (tertiary/aromatic N) is 3.